The predicted molar refractivity (Wildman–Crippen MR) is 102 cm³/mol. The molecular weight excluding hydrogens is 344 g/mol. The number of aryl methyl sites for hydroxylation is 1. The molecule has 7 nitrogen and oxygen atoms in total. The number of carbonyl (C=O) groups excluding carboxylic acids is 2. The van der Waals surface area contributed by atoms with Gasteiger partial charge < -0.3 is 24.5 Å². The number of H-pyrrole nitrogens is 1. The number of aromatic nitrogens is 1. The summed E-state index contributed by atoms with van der Waals surface area (Å²) in [4.78, 5) is 31.1. The maximum absolute atomic E-state index is 12.5. The van der Waals surface area contributed by atoms with Gasteiger partial charge in [-0.25, -0.2) is 0 Å². The second-order valence-corrected chi connectivity index (χ2v) is 6.92. The lowest BCUT2D eigenvalue weighted by Crippen LogP contribution is -3.15. The highest BCUT2D eigenvalue weighted by Crippen LogP contribution is 2.26. The lowest BCUT2D eigenvalue weighted by Gasteiger charge is -2.31. The number of furan rings is 1. The number of para-hydroxylation sites is 1. The molecule has 3 N–H and O–H groups in total. The first-order valence-electron chi connectivity index (χ1n) is 9.15. The molecule has 0 saturated carbocycles. The van der Waals surface area contributed by atoms with Gasteiger partial charge in [-0.1, -0.05) is 18.2 Å². The van der Waals surface area contributed by atoms with Gasteiger partial charge in [0.1, 0.15) is 0 Å². The Morgan fingerprint density at radius 2 is 1.96 bits per heavy atom. The number of rotatable bonds is 4. The number of hydrogen-bond acceptors (Lipinski definition) is 3. The van der Waals surface area contributed by atoms with Crippen LogP contribution in [-0.4, -0.2) is 54.4 Å². The van der Waals surface area contributed by atoms with Crippen molar-refractivity contribution in [2.24, 2.45) is 0 Å². The Morgan fingerprint density at radius 3 is 2.70 bits per heavy atom. The van der Waals surface area contributed by atoms with Crippen molar-refractivity contribution in [3.05, 3.63) is 54.1 Å². The fraction of sp³-hybridized carbons (Fsp3) is 0.300. The summed E-state index contributed by atoms with van der Waals surface area (Å²) >= 11 is 0. The number of nitrogens with zero attached hydrogens (tertiary/aromatic N) is 1. The summed E-state index contributed by atoms with van der Waals surface area (Å²) in [5, 5.41) is 4.07. The number of amides is 2. The molecule has 0 unspecified atom stereocenters. The van der Waals surface area contributed by atoms with Crippen molar-refractivity contribution >= 4 is 28.4 Å². The molecule has 140 valence electrons. The van der Waals surface area contributed by atoms with Crippen LogP contribution in [0.4, 0.5) is 5.69 Å². The van der Waals surface area contributed by atoms with Crippen molar-refractivity contribution in [1.82, 2.24) is 9.88 Å². The van der Waals surface area contributed by atoms with Crippen molar-refractivity contribution in [3.63, 3.8) is 0 Å². The van der Waals surface area contributed by atoms with Gasteiger partial charge in [-0.2, -0.15) is 0 Å². The van der Waals surface area contributed by atoms with E-state index in [1.165, 1.54) is 11.2 Å². The number of quaternary nitrogens is 1. The maximum Gasteiger partial charge on any atom is 0.289 e. The Kier molecular flexibility index (Phi) is 4.68. The third-order valence-corrected chi connectivity index (χ3v) is 5.06. The summed E-state index contributed by atoms with van der Waals surface area (Å²) in [5.41, 5.74) is 2.82. The van der Waals surface area contributed by atoms with Crippen molar-refractivity contribution in [3.8, 4) is 0 Å². The molecule has 27 heavy (non-hydrogen) atoms. The smallest absolute Gasteiger partial charge is 0.289 e. The van der Waals surface area contributed by atoms with E-state index in [1.54, 1.807) is 17.0 Å². The van der Waals surface area contributed by atoms with E-state index < -0.39 is 0 Å². The predicted octanol–water partition coefficient (Wildman–Crippen LogP) is 1.05. The van der Waals surface area contributed by atoms with E-state index in [0.29, 0.717) is 25.4 Å². The highest BCUT2D eigenvalue weighted by molar-refractivity contribution is 6.03. The molecule has 3 heterocycles. The summed E-state index contributed by atoms with van der Waals surface area (Å²) in [6, 6.07) is 11.3. The summed E-state index contributed by atoms with van der Waals surface area (Å²) in [6.07, 6.45) is 1.51. The lowest BCUT2D eigenvalue weighted by atomic mass is 10.2. The van der Waals surface area contributed by atoms with Crippen LogP contribution in [0.2, 0.25) is 0 Å². The van der Waals surface area contributed by atoms with Crippen molar-refractivity contribution in [2.75, 3.05) is 38.0 Å². The Bertz CT molecular complexity index is 953. The summed E-state index contributed by atoms with van der Waals surface area (Å²) < 4.78 is 5.18. The Morgan fingerprint density at radius 1 is 1.19 bits per heavy atom. The van der Waals surface area contributed by atoms with Crippen LogP contribution in [0.5, 0.6) is 0 Å². The molecule has 0 aliphatic carbocycles. The van der Waals surface area contributed by atoms with Crippen molar-refractivity contribution in [2.45, 2.75) is 6.92 Å². The van der Waals surface area contributed by atoms with Crippen LogP contribution in [-0.2, 0) is 4.79 Å². The average Bonchev–Trinajstić information content (AvgIpc) is 3.31. The first-order chi connectivity index (χ1) is 13.1. The summed E-state index contributed by atoms with van der Waals surface area (Å²) in [5.74, 6) is 0.271. The van der Waals surface area contributed by atoms with E-state index in [9.17, 15) is 9.59 Å². The molecule has 0 bridgehead atoms. The van der Waals surface area contributed by atoms with Gasteiger partial charge in [-0.15, -0.1) is 0 Å². The minimum Gasteiger partial charge on any atom is -0.459 e. The second kappa shape index (κ2) is 7.28. The van der Waals surface area contributed by atoms with Crippen LogP contribution < -0.4 is 10.2 Å². The van der Waals surface area contributed by atoms with E-state index in [4.69, 9.17) is 4.42 Å². The lowest BCUT2D eigenvalue weighted by molar-refractivity contribution is -0.895. The van der Waals surface area contributed by atoms with Crippen LogP contribution in [0.3, 0.4) is 0 Å². The van der Waals surface area contributed by atoms with Crippen LogP contribution in [0.15, 0.2) is 47.1 Å². The molecular formula is C20H23N4O3+. The minimum absolute atomic E-state index is 0.0105. The van der Waals surface area contributed by atoms with Crippen LogP contribution in [0.1, 0.15) is 16.2 Å². The van der Waals surface area contributed by atoms with E-state index in [2.05, 4.69) is 10.3 Å². The van der Waals surface area contributed by atoms with Crippen LogP contribution in [0, 0.1) is 6.92 Å². The summed E-state index contributed by atoms with van der Waals surface area (Å²) in [6.45, 7) is 5.07. The molecule has 4 rings (SSSR count). The normalized spacial score (nSPS) is 15.2. The van der Waals surface area contributed by atoms with E-state index in [-0.39, 0.29) is 11.8 Å². The molecule has 1 saturated heterocycles. The standard InChI is InChI=1S/C20H22N4O3/c1-14-19(15-5-2-3-6-16(15)21-14)22-18(25)13-23-8-10-24(11-9-23)20(26)17-7-4-12-27-17/h2-7,12,21H,8-11,13H2,1H3,(H,22,25)/p+1. The van der Waals surface area contributed by atoms with Crippen molar-refractivity contribution < 1.29 is 18.9 Å². The fourth-order valence-electron chi connectivity index (χ4n) is 3.61. The van der Waals surface area contributed by atoms with Crippen LogP contribution in [0.25, 0.3) is 10.9 Å². The van der Waals surface area contributed by atoms with E-state index >= 15 is 0 Å². The number of hydrogen-bond donors (Lipinski definition) is 3. The van der Waals surface area contributed by atoms with E-state index in [0.717, 1.165) is 35.4 Å². The van der Waals surface area contributed by atoms with Gasteiger partial charge in [-0.3, -0.25) is 9.59 Å². The number of piperazine rings is 1. The zero-order valence-electron chi connectivity index (χ0n) is 15.2. The molecule has 1 aromatic carbocycles. The van der Waals surface area contributed by atoms with Gasteiger partial charge >= 0.3 is 0 Å². The monoisotopic (exact) mass is 367 g/mol. The van der Waals surface area contributed by atoms with Gasteiger partial charge in [0, 0.05) is 16.6 Å². The average molecular weight is 367 g/mol. The molecule has 0 atom stereocenters. The third-order valence-electron chi connectivity index (χ3n) is 5.06. The van der Waals surface area contributed by atoms with Gasteiger partial charge in [0.2, 0.25) is 0 Å². The topological polar surface area (TPSA) is 82.8 Å². The van der Waals surface area contributed by atoms with E-state index in [1.807, 2.05) is 31.2 Å². The minimum atomic E-state index is -0.0853. The largest absolute Gasteiger partial charge is 0.459 e. The zero-order chi connectivity index (χ0) is 18.8. The quantitative estimate of drug-likeness (QED) is 0.645. The number of fused-ring (bicyclic) bond motifs is 1. The summed E-state index contributed by atoms with van der Waals surface area (Å²) in [7, 11) is 0. The van der Waals surface area contributed by atoms with Gasteiger partial charge in [0.05, 0.1) is 38.1 Å². The third kappa shape index (κ3) is 3.59. The SMILES string of the molecule is Cc1[nH]c2ccccc2c1NC(=O)C[NH+]1CCN(C(=O)c2ccco2)CC1. The van der Waals surface area contributed by atoms with Gasteiger partial charge in [-0.05, 0) is 25.1 Å². The first kappa shape index (κ1) is 17.4. The molecule has 1 aliphatic heterocycles. The highest BCUT2D eigenvalue weighted by atomic mass is 16.3. The van der Waals surface area contributed by atoms with Gasteiger partial charge in [0.15, 0.2) is 12.3 Å². The molecule has 2 amide bonds. The van der Waals surface area contributed by atoms with Gasteiger partial charge in [0.25, 0.3) is 11.8 Å². The Balaban J connectivity index is 1.33. The number of anilines is 1. The van der Waals surface area contributed by atoms with Crippen molar-refractivity contribution in [1.29, 1.82) is 0 Å². The number of nitrogens with one attached hydrogen (secondary N) is 3. The first-order valence-corrected chi connectivity index (χ1v) is 9.15. The molecule has 2 aromatic heterocycles. The zero-order valence-corrected chi connectivity index (χ0v) is 15.2. The molecule has 1 fully saturated rings. The molecule has 0 radical (unpaired) electrons. The molecule has 3 aromatic rings. The maximum atomic E-state index is 12.5. The Hall–Kier alpha value is -3.06. The Labute approximate surface area is 156 Å². The number of aromatic amines is 1. The molecule has 0 spiro atoms. The molecule has 7 heteroatoms. The second-order valence-electron chi connectivity index (χ2n) is 6.92. The number of carbonyl (C=O) groups is 2. The molecule has 1 aliphatic rings. The van der Waals surface area contributed by atoms with Crippen LogP contribution >= 0.6 is 0 Å². The fourth-order valence-corrected chi connectivity index (χ4v) is 3.61. The highest BCUT2D eigenvalue weighted by Gasteiger charge is 2.27. The number of benzene rings is 1.